The summed E-state index contributed by atoms with van der Waals surface area (Å²) >= 11 is 0. The van der Waals surface area contributed by atoms with Crippen molar-refractivity contribution in [3.8, 4) is 28.7 Å². The Bertz CT molecular complexity index is 1150. The highest BCUT2D eigenvalue weighted by Gasteiger charge is 2.20. The van der Waals surface area contributed by atoms with Crippen molar-refractivity contribution in [1.82, 2.24) is 4.57 Å². The number of amides is 1. The van der Waals surface area contributed by atoms with E-state index in [1.54, 1.807) is 20.3 Å². The number of carbonyl (C=O) groups excluding carboxylic acids is 1. The highest BCUT2D eigenvalue weighted by Crippen LogP contribution is 2.35. The first kappa shape index (κ1) is 20.7. The van der Waals surface area contributed by atoms with Gasteiger partial charge in [-0.1, -0.05) is 0 Å². The SMILES string of the molecule is COc1cc(C)c(NC(=O)c2cc(C)n(-c3ccc4c(c3)OCCO4)c2C)cc1OC. The molecule has 31 heavy (non-hydrogen) atoms. The van der Waals surface area contributed by atoms with Crippen LogP contribution in [0.3, 0.4) is 0 Å². The molecule has 7 heteroatoms. The molecule has 0 spiro atoms. The van der Waals surface area contributed by atoms with Gasteiger partial charge in [0.1, 0.15) is 13.2 Å². The largest absolute Gasteiger partial charge is 0.493 e. The zero-order chi connectivity index (χ0) is 22.1. The van der Waals surface area contributed by atoms with Crippen LogP contribution in [0.25, 0.3) is 5.69 Å². The topological polar surface area (TPSA) is 71.0 Å². The zero-order valence-electron chi connectivity index (χ0n) is 18.4. The normalized spacial score (nSPS) is 12.4. The van der Waals surface area contributed by atoms with Gasteiger partial charge in [0.05, 0.1) is 19.8 Å². The van der Waals surface area contributed by atoms with Crippen molar-refractivity contribution in [2.24, 2.45) is 0 Å². The van der Waals surface area contributed by atoms with E-state index in [0.29, 0.717) is 41.7 Å². The van der Waals surface area contributed by atoms with Crippen LogP contribution in [0.1, 0.15) is 27.3 Å². The minimum absolute atomic E-state index is 0.188. The first-order chi connectivity index (χ1) is 14.9. The number of aryl methyl sites for hydroxylation is 2. The molecule has 1 N–H and O–H groups in total. The van der Waals surface area contributed by atoms with Crippen LogP contribution in [0.2, 0.25) is 0 Å². The van der Waals surface area contributed by atoms with Crippen LogP contribution in [0.15, 0.2) is 36.4 Å². The summed E-state index contributed by atoms with van der Waals surface area (Å²) in [5.74, 6) is 2.44. The summed E-state index contributed by atoms with van der Waals surface area (Å²) in [6.07, 6.45) is 0. The lowest BCUT2D eigenvalue weighted by Gasteiger charge is -2.20. The number of ether oxygens (including phenoxy) is 4. The third-order valence-electron chi connectivity index (χ3n) is 5.44. The van der Waals surface area contributed by atoms with Crippen LogP contribution in [-0.4, -0.2) is 37.9 Å². The first-order valence-electron chi connectivity index (χ1n) is 10.1. The Labute approximate surface area is 181 Å². The molecule has 2 heterocycles. The monoisotopic (exact) mass is 422 g/mol. The number of nitrogens with one attached hydrogen (secondary N) is 1. The molecule has 1 aromatic heterocycles. The number of hydrogen-bond donors (Lipinski definition) is 1. The maximum atomic E-state index is 13.1. The van der Waals surface area contributed by atoms with Gasteiger partial charge in [0.15, 0.2) is 23.0 Å². The lowest BCUT2D eigenvalue weighted by molar-refractivity contribution is 0.102. The summed E-state index contributed by atoms with van der Waals surface area (Å²) in [6, 6.07) is 11.3. The third-order valence-corrected chi connectivity index (χ3v) is 5.44. The minimum Gasteiger partial charge on any atom is -0.493 e. The molecule has 0 radical (unpaired) electrons. The second-order valence-electron chi connectivity index (χ2n) is 7.42. The summed E-state index contributed by atoms with van der Waals surface area (Å²) in [5.41, 5.74) is 4.86. The second kappa shape index (κ2) is 8.26. The van der Waals surface area contributed by atoms with Crippen LogP contribution in [0.5, 0.6) is 23.0 Å². The molecule has 0 fully saturated rings. The molecule has 0 saturated heterocycles. The molecule has 0 aliphatic carbocycles. The summed E-state index contributed by atoms with van der Waals surface area (Å²) in [6.45, 7) is 6.89. The van der Waals surface area contributed by atoms with Crippen LogP contribution >= 0.6 is 0 Å². The third kappa shape index (κ3) is 3.79. The lowest BCUT2D eigenvalue weighted by Crippen LogP contribution is -2.16. The van der Waals surface area contributed by atoms with E-state index in [4.69, 9.17) is 18.9 Å². The van der Waals surface area contributed by atoms with Crippen molar-refractivity contribution in [3.05, 3.63) is 58.9 Å². The average molecular weight is 422 g/mol. The van der Waals surface area contributed by atoms with Crippen molar-refractivity contribution in [1.29, 1.82) is 0 Å². The number of benzene rings is 2. The Hall–Kier alpha value is -3.61. The van der Waals surface area contributed by atoms with Crippen LogP contribution in [-0.2, 0) is 0 Å². The highest BCUT2D eigenvalue weighted by molar-refractivity contribution is 6.06. The summed E-state index contributed by atoms with van der Waals surface area (Å²) in [5, 5.41) is 3.00. The zero-order valence-corrected chi connectivity index (χ0v) is 18.4. The van der Waals surface area contributed by atoms with E-state index in [9.17, 15) is 4.79 Å². The predicted octanol–water partition coefficient (Wildman–Crippen LogP) is 4.44. The molecule has 3 aromatic rings. The van der Waals surface area contributed by atoms with E-state index in [-0.39, 0.29) is 5.91 Å². The molecule has 1 amide bonds. The molecule has 0 saturated carbocycles. The van der Waals surface area contributed by atoms with Gasteiger partial charge in [0.2, 0.25) is 0 Å². The van der Waals surface area contributed by atoms with Crippen molar-refractivity contribution in [2.45, 2.75) is 20.8 Å². The summed E-state index contributed by atoms with van der Waals surface area (Å²) in [4.78, 5) is 13.1. The van der Waals surface area contributed by atoms with E-state index in [1.807, 2.05) is 55.7 Å². The molecule has 4 rings (SSSR count). The minimum atomic E-state index is -0.188. The van der Waals surface area contributed by atoms with E-state index in [0.717, 1.165) is 28.4 Å². The number of rotatable bonds is 5. The fourth-order valence-corrected chi connectivity index (χ4v) is 3.87. The van der Waals surface area contributed by atoms with Crippen LogP contribution < -0.4 is 24.3 Å². The molecule has 2 aromatic carbocycles. The van der Waals surface area contributed by atoms with E-state index < -0.39 is 0 Å². The van der Waals surface area contributed by atoms with Gasteiger partial charge in [-0.25, -0.2) is 0 Å². The van der Waals surface area contributed by atoms with Gasteiger partial charge in [-0.3, -0.25) is 4.79 Å². The van der Waals surface area contributed by atoms with Gasteiger partial charge >= 0.3 is 0 Å². The summed E-state index contributed by atoms with van der Waals surface area (Å²) in [7, 11) is 3.15. The van der Waals surface area contributed by atoms with Crippen molar-refractivity contribution in [2.75, 3.05) is 32.8 Å². The van der Waals surface area contributed by atoms with Crippen molar-refractivity contribution >= 4 is 11.6 Å². The van der Waals surface area contributed by atoms with Crippen molar-refractivity contribution in [3.63, 3.8) is 0 Å². The number of fused-ring (bicyclic) bond motifs is 1. The number of methoxy groups -OCH3 is 2. The quantitative estimate of drug-likeness (QED) is 0.658. The van der Waals surface area contributed by atoms with Crippen LogP contribution in [0, 0.1) is 20.8 Å². The second-order valence-corrected chi connectivity index (χ2v) is 7.42. The van der Waals surface area contributed by atoms with Gasteiger partial charge in [-0.2, -0.15) is 0 Å². The van der Waals surface area contributed by atoms with Gasteiger partial charge in [-0.15, -0.1) is 0 Å². The molecule has 0 atom stereocenters. The van der Waals surface area contributed by atoms with Gasteiger partial charge in [0.25, 0.3) is 5.91 Å². The number of hydrogen-bond acceptors (Lipinski definition) is 5. The smallest absolute Gasteiger partial charge is 0.257 e. The molecule has 0 unspecified atom stereocenters. The van der Waals surface area contributed by atoms with Gasteiger partial charge < -0.3 is 28.8 Å². The molecule has 1 aliphatic heterocycles. The maximum Gasteiger partial charge on any atom is 0.257 e. The molecular formula is C24H26N2O5. The van der Waals surface area contributed by atoms with Gasteiger partial charge in [0, 0.05) is 34.9 Å². The number of carbonyl (C=O) groups is 1. The van der Waals surface area contributed by atoms with Crippen molar-refractivity contribution < 1.29 is 23.7 Å². The molecular weight excluding hydrogens is 396 g/mol. The number of aromatic nitrogens is 1. The summed E-state index contributed by atoms with van der Waals surface area (Å²) < 4.78 is 24.1. The van der Waals surface area contributed by atoms with E-state index in [2.05, 4.69) is 5.32 Å². The number of anilines is 1. The lowest BCUT2D eigenvalue weighted by atomic mass is 10.1. The Balaban J connectivity index is 1.65. The highest BCUT2D eigenvalue weighted by atomic mass is 16.6. The standard InChI is InChI=1S/C24H26N2O5/c1-14-10-21(28-4)22(29-5)13-19(14)25-24(27)18-11-15(2)26(16(18)3)17-6-7-20-23(12-17)31-9-8-30-20/h6-7,10-13H,8-9H2,1-5H3,(H,25,27). The number of nitrogens with zero attached hydrogens (tertiary/aromatic N) is 1. The van der Waals surface area contributed by atoms with E-state index in [1.165, 1.54) is 0 Å². The van der Waals surface area contributed by atoms with Crippen LogP contribution in [0.4, 0.5) is 5.69 Å². The molecule has 0 bridgehead atoms. The Morgan fingerprint density at radius 3 is 2.32 bits per heavy atom. The van der Waals surface area contributed by atoms with Gasteiger partial charge in [-0.05, 0) is 50.6 Å². The molecule has 162 valence electrons. The average Bonchev–Trinajstić information content (AvgIpc) is 3.08. The van der Waals surface area contributed by atoms with E-state index >= 15 is 0 Å². The maximum absolute atomic E-state index is 13.1. The fourth-order valence-electron chi connectivity index (χ4n) is 3.87. The predicted molar refractivity (Wildman–Crippen MR) is 118 cm³/mol. The molecule has 1 aliphatic rings. The Morgan fingerprint density at radius 2 is 1.61 bits per heavy atom. The Kier molecular flexibility index (Phi) is 5.50. The first-order valence-corrected chi connectivity index (χ1v) is 10.1. The molecule has 7 nitrogen and oxygen atoms in total. The fraction of sp³-hybridized carbons (Fsp3) is 0.292. The Morgan fingerprint density at radius 1 is 0.935 bits per heavy atom.